The molecule has 0 unspecified atom stereocenters. The van der Waals surface area contributed by atoms with Crippen LogP contribution in [0.2, 0.25) is 0 Å². The Hall–Kier alpha value is -1.69. The normalized spacial score (nSPS) is 15.5. The molecular formula is C22H35N5. The molecule has 0 bridgehead atoms. The van der Waals surface area contributed by atoms with Gasteiger partial charge in [-0.15, -0.1) is 0 Å². The van der Waals surface area contributed by atoms with Crippen molar-refractivity contribution in [2.24, 2.45) is 0 Å². The SMILES string of the molecule is CN(CCCCN1CCCCC1)Cc1ccc(CNCc2ncc[nH]2)cc1. The lowest BCUT2D eigenvalue weighted by molar-refractivity contribution is 0.218. The molecule has 0 spiro atoms. The fourth-order valence-corrected chi connectivity index (χ4v) is 3.77. The summed E-state index contributed by atoms with van der Waals surface area (Å²) in [4.78, 5) is 12.4. The first-order valence-corrected chi connectivity index (χ1v) is 10.5. The largest absolute Gasteiger partial charge is 0.348 e. The summed E-state index contributed by atoms with van der Waals surface area (Å²) in [5, 5.41) is 3.42. The van der Waals surface area contributed by atoms with Gasteiger partial charge in [0.15, 0.2) is 0 Å². The Morgan fingerprint density at radius 2 is 1.81 bits per heavy atom. The molecule has 0 saturated carbocycles. The minimum atomic E-state index is 0.773. The summed E-state index contributed by atoms with van der Waals surface area (Å²) in [6.45, 7) is 7.77. The van der Waals surface area contributed by atoms with Crippen molar-refractivity contribution in [3.05, 3.63) is 53.6 Å². The monoisotopic (exact) mass is 369 g/mol. The second-order valence-corrected chi connectivity index (χ2v) is 7.80. The van der Waals surface area contributed by atoms with E-state index < -0.39 is 0 Å². The number of unbranched alkanes of at least 4 members (excludes halogenated alkanes) is 1. The van der Waals surface area contributed by atoms with E-state index in [-0.39, 0.29) is 0 Å². The quantitative estimate of drug-likeness (QED) is 0.596. The average molecular weight is 370 g/mol. The van der Waals surface area contributed by atoms with Crippen molar-refractivity contribution >= 4 is 0 Å². The Morgan fingerprint density at radius 1 is 1.04 bits per heavy atom. The third kappa shape index (κ3) is 7.45. The second-order valence-electron chi connectivity index (χ2n) is 7.80. The molecular weight excluding hydrogens is 334 g/mol. The van der Waals surface area contributed by atoms with Gasteiger partial charge in [0.25, 0.3) is 0 Å². The molecule has 2 heterocycles. The highest BCUT2D eigenvalue weighted by molar-refractivity contribution is 5.22. The number of piperidine rings is 1. The predicted octanol–water partition coefficient (Wildman–Crippen LogP) is 3.40. The van der Waals surface area contributed by atoms with Crippen LogP contribution < -0.4 is 5.32 Å². The Balaban J connectivity index is 1.28. The molecule has 1 fully saturated rings. The third-order valence-corrected chi connectivity index (χ3v) is 5.36. The van der Waals surface area contributed by atoms with Crippen LogP contribution in [0, 0.1) is 0 Å². The third-order valence-electron chi connectivity index (χ3n) is 5.36. The number of aromatic nitrogens is 2. The molecule has 1 aliphatic heterocycles. The Kier molecular flexibility index (Phi) is 8.33. The van der Waals surface area contributed by atoms with E-state index in [1.54, 1.807) is 6.20 Å². The van der Waals surface area contributed by atoms with Crippen molar-refractivity contribution in [1.29, 1.82) is 0 Å². The van der Waals surface area contributed by atoms with Gasteiger partial charge in [-0.3, -0.25) is 0 Å². The van der Waals surface area contributed by atoms with Crippen molar-refractivity contribution < 1.29 is 0 Å². The highest BCUT2D eigenvalue weighted by Gasteiger charge is 2.09. The number of nitrogens with zero attached hydrogens (tertiary/aromatic N) is 3. The Bertz CT molecular complexity index is 617. The van der Waals surface area contributed by atoms with Crippen LogP contribution in [0.25, 0.3) is 0 Å². The van der Waals surface area contributed by atoms with E-state index in [0.717, 1.165) is 25.5 Å². The minimum Gasteiger partial charge on any atom is -0.348 e. The van der Waals surface area contributed by atoms with E-state index >= 15 is 0 Å². The van der Waals surface area contributed by atoms with Gasteiger partial charge < -0.3 is 20.1 Å². The molecule has 2 aromatic rings. The average Bonchev–Trinajstić information content (AvgIpc) is 3.21. The molecule has 0 atom stereocenters. The van der Waals surface area contributed by atoms with Gasteiger partial charge >= 0.3 is 0 Å². The van der Waals surface area contributed by atoms with Crippen LogP contribution >= 0.6 is 0 Å². The predicted molar refractivity (Wildman–Crippen MR) is 111 cm³/mol. The summed E-state index contributed by atoms with van der Waals surface area (Å²) < 4.78 is 0. The highest BCUT2D eigenvalue weighted by Crippen LogP contribution is 2.11. The first-order valence-electron chi connectivity index (χ1n) is 10.5. The summed E-state index contributed by atoms with van der Waals surface area (Å²) in [5.41, 5.74) is 2.71. The maximum absolute atomic E-state index is 4.23. The van der Waals surface area contributed by atoms with Crippen LogP contribution in [0.3, 0.4) is 0 Å². The number of nitrogens with one attached hydrogen (secondary N) is 2. The topological polar surface area (TPSA) is 47.2 Å². The Morgan fingerprint density at radius 3 is 2.56 bits per heavy atom. The van der Waals surface area contributed by atoms with Gasteiger partial charge in [0, 0.05) is 25.5 Å². The van der Waals surface area contributed by atoms with E-state index in [0.29, 0.717) is 0 Å². The summed E-state index contributed by atoms with van der Waals surface area (Å²) in [6, 6.07) is 8.98. The molecule has 148 valence electrons. The van der Waals surface area contributed by atoms with E-state index in [2.05, 4.69) is 56.4 Å². The summed E-state index contributed by atoms with van der Waals surface area (Å²) in [6.07, 6.45) is 10.5. The lowest BCUT2D eigenvalue weighted by Gasteiger charge is -2.26. The molecule has 0 aliphatic carbocycles. The van der Waals surface area contributed by atoms with Gasteiger partial charge in [-0.1, -0.05) is 30.7 Å². The zero-order chi connectivity index (χ0) is 18.7. The van der Waals surface area contributed by atoms with Crippen molar-refractivity contribution in [2.45, 2.75) is 51.7 Å². The summed E-state index contributed by atoms with van der Waals surface area (Å²) in [5.74, 6) is 0.980. The van der Waals surface area contributed by atoms with Crippen LogP contribution in [-0.4, -0.2) is 53.0 Å². The summed E-state index contributed by atoms with van der Waals surface area (Å²) >= 11 is 0. The molecule has 1 aromatic carbocycles. The second kappa shape index (κ2) is 11.2. The zero-order valence-corrected chi connectivity index (χ0v) is 16.8. The number of H-pyrrole nitrogens is 1. The number of benzene rings is 1. The van der Waals surface area contributed by atoms with Crippen molar-refractivity contribution in [3.63, 3.8) is 0 Å². The lowest BCUT2D eigenvalue weighted by Crippen LogP contribution is -2.31. The molecule has 5 heteroatoms. The number of hydrogen-bond acceptors (Lipinski definition) is 4. The van der Waals surface area contributed by atoms with Crippen LogP contribution in [0.1, 0.15) is 49.1 Å². The number of aromatic amines is 1. The van der Waals surface area contributed by atoms with Crippen molar-refractivity contribution in [2.75, 3.05) is 33.2 Å². The smallest absolute Gasteiger partial charge is 0.120 e. The van der Waals surface area contributed by atoms with E-state index in [4.69, 9.17) is 0 Å². The lowest BCUT2D eigenvalue weighted by atomic mass is 10.1. The van der Waals surface area contributed by atoms with Crippen molar-refractivity contribution in [3.8, 4) is 0 Å². The van der Waals surface area contributed by atoms with E-state index in [1.807, 2.05) is 6.20 Å². The molecule has 0 radical (unpaired) electrons. The first kappa shape index (κ1) is 20.1. The molecule has 1 aromatic heterocycles. The van der Waals surface area contributed by atoms with E-state index in [9.17, 15) is 0 Å². The molecule has 2 N–H and O–H groups in total. The number of hydrogen-bond donors (Lipinski definition) is 2. The van der Waals surface area contributed by atoms with Gasteiger partial charge in [-0.25, -0.2) is 4.98 Å². The van der Waals surface area contributed by atoms with Gasteiger partial charge in [0.2, 0.25) is 0 Å². The highest BCUT2D eigenvalue weighted by atomic mass is 15.1. The van der Waals surface area contributed by atoms with Gasteiger partial charge in [-0.2, -0.15) is 0 Å². The van der Waals surface area contributed by atoms with Crippen LogP contribution in [0.5, 0.6) is 0 Å². The van der Waals surface area contributed by atoms with Crippen LogP contribution in [0.15, 0.2) is 36.7 Å². The summed E-state index contributed by atoms with van der Waals surface area (Å²) in [7, 11) is 2.24. The zero-order valence-electron chi connectivity index (χ0n) is 16.8. The number of likely N-dealkylation sites (tertiary alicyclic amines) is 1. The standard InChI is InChI=1S/C22H35N5/c1-26(13-5-6-16-27-14-3-2-4-15-27)19-21-9-7-20(8-10-21)17-23-18-22-24-11-12-25-22/h7-12,23H,2-6,13-19H2,1H3,(H,24,25). The fourth-order valence-electron chi connectivity index (χ4n) is 3.77. The first-order chi connectivity index (χ1) is 13.3. The molecule has 5 nitrogen and oxygen atoms in total. The van der Waals surface area contributed by atoms with E-state index in [1.165, 1.54) is 69.4 Å². The maximum Gasteiger partial charge on any atom is 0.120 e. The van der Waals surface area contributed by atoms with Gasteiger partial charge in [-0.05, 0) is 70.0 Å². The van der Waals surface area contributed by atoms with Crippen LogP contribution in [-0.2, 0) is 19.6 Å². The van der Waals surface area contributed by atoms with Crippen LogP contribution in [0.4, 0.5) is 0 Å². The van der Waals surface area contributed by atoms with Gasteiger partial charge in [0.1, 0.15) is 5.82 Å². The molecule has 27 heavy (non-hydrogen) atoms. The molecule has 1 saturated heterocycles. The van der Waals surface area contributed by atoms with Crippen molar-refractivity contribution in [1.82, 2.24) is 25.1 Å². The maximum atomic E-state index is 4.23. The Labute approximate surface area is 164 Å². The molecule has 1 aliphatic rings. The van der Waals surface area contributed by atoms with Gasteiger partial charge in [0.05, 0.1) is 6.54 Å². The number of rotatable bonds is 11. The molecule has 0 amide bonds. The minimum absolute atomic E-state index is 0.773. The number of imidazole rings is 1. The molecule has 3 rings (SSSR count). The fraction of sp³-hybridized carbons (Fsp3) is 0.591.